The number of hydrogen-bond acceptors (Lipinski definition) is 3. The summed E-state index contributed by atoms with van der Waals surface area (Å²) in [5, 5.41) is 4.31. The van der Waals surface area contributed by atoms with Crippen molar-refractivity contribution in [2.75, 3.05) is 13.1 Å². The molecule has 2 heterocycles. The predicted molar refractivity (Wildman–Crippen MR) is 75.0 cm³/mol. The van der Waals surface area contributed by atoms with Gasteiger partial charge in [-0.15, -0.1) is 0 Å². The van der Waals surface area contributed by atoms with Gasteiger partial charge in [0.2, 0.25) is 0 Å². The molecular weight excluding hydrogens is 240 g/mol. The van der Waals surface area contributed by atoms with Crippen molar-refractivity contribution in [2.45, 2.75) is 52.1 Å². The third-order valence-corrected chi connectivity index (χ3v) is 3.97. The molecule has 1 amide bonds. The monoisotopic (exact) mass is 264 g/mol. The smallest absolute Gasteiger partial charge is 0.257 e. The molecule has 0 bridgehead atoms. The fourth-order valence-corrected chi connectivity index (χ4v) is 2.68. The van der Waals surface area contributed by atoms with Crippen molar-refractivity contribution in [3.8, 4) is 0 Å². The van der Waals surface area contributed by atoms with Crippen LogP contribution in [0.3, 0.4) is 0 Å². The summed E-state index contributed by atoms with van der Waals surface area (Å²) in [5.41, 5.74) is 7.21. The van der Waals surface area contributed by atoms with Crippen LogP contribution < -0.4 is 5.73 Å². The van der Waals surface area contributed by atoms with Gasteiger partial charge in [0.15, 0.2) is 0 Å². The minimum Gasteiger partial charge on any atom is -0.336 e. The molecule has 0 saturated carbocycles. The SMILES string of the molecule is Cc1c(C(=O)N2CCCCC2C)cnn1CCCN. The Kier molecular flexibility index (Phi) is 4.58. The molecule has 1 aromatic heterocycles. The van der Waals surface area contributed by atoms with Crippen LogP contribution in [-0.4, -0.2) is 39.7 Å². The maximum atomic E-state index is 12.6. The normalized spacial score (nSPS) is 19.7. The lowest BCUT2D eigenvalue weighted by Gasteiger charge is -2.33. The highest BCUT2D eigenvalue weighted by molar-refractivity contribution is 5.95. The summed E-state index contributed by atoms with van der Waals surface area (Å²) in [6, 6.07) is 0.341. The number of carbonyl (C=O) groups excluding carboxylic acids is 1. The van der Waals surface area contributed by atoms with Crippen molar-refractivity contribution in [1.29, 1.82) is 0 Å². The van der Waals surface area contributed by atoms with Gasteiger partial charge in [0.05, 0.1) is 11.8 Å². The molecule has 106 valence electrons. The number of aromatic nitrogens is 2. The Labute approximate surface area is 114 Å². The van der Waals surface area contributed by atoms with Crippen molar-refractivity contribution < 1.29 is 4.79 Å². The fourth-order valence-electron chi connectivity index (χ4n) is 2.68. The standard InChI is InChI=1S/C14H24N4O/c1-11-6-3-4-8-17(11)14(19)13-10-16-18(12(13)2)9-5-7-15/h10-11H,3-9,15H2,1-2H3. The summed E-state index contributed by atoms with van der Waals surface area (Å²) in [7, 11) is 0. The summed E-state index contributed by atoms with van der Waals surface area (Å²) in [4.78, 5) is 14.6. The van der Waals surface area contributed by atoms with Gasteiger partial charge in [-0.25, -0.2) is 0 Å². The third kappa shape index (κ3) is 2.97. The van der Waals surface area contributed by atoms with E-state index < -0.39 is 0 Å². The first-order valence-electron chi connectivity index (χ1n) is 7.18. The number of aryl methyl sites for hydroxylation is 1. The Morgan fingerprint density at radius 2 is 2.32 bits per heavy atom. The summed E-state index contributed by atoms with van der Waals surface area (Å²) in [5.74, 6) is 0.128. The Hall–Kier alpha value is -1.36. The zero-order valence-electron chi connectivity index (χ0n) is 11.9. The minimum absolute atomic E-state index is 0.128. The van der Waals surface area contributed by atoms with Crippen LogP contribution >= 0.6 is 0 Å². The van der Waals surface area contributed by atoms with Crippen LogP contribution in [-0.2, 0) is 6.54 Å². The predicted octanol–water partition coefficient (Wildman–Crippen LogP) is 1.55. The number of rotatable bonds is 4. The Morgan fingerprint density at radius 1 is 1.53 bits per heavy atom. The van der Waals surface area contributed by atoms with Crippen LogP contribution in [0.25, 0.3) is 0 Å². The first-order chi connectivity index (χ1) is 9.15. The number of nitrogens with zero attached hydrogens (tertiary/aromatic N) is 3. The van der Waals surface area contributed by atoms with Gasteiger partial charge in [-0.1, -0.05) is 0 Å². The molecule has 5 heteroatoms. The number of nitrogens with two attached hydrogens (primary N) is 1. The van der Waals surface area contributed by atoms with Gasteiger partial charge >= 0.3 is 0 Å². The third-order valence-electron chi connectivity index (χ3n) is 3.97. The average Bonchev–Trinajstić information content (AvgIpc) is 2.77. The highest BCUT2D eigenvalue weighted by atomic mass is 16.2. The van der Waals surface area contributed by atoms with Crippen LogP contribution in [0.15, 0.2) is 6.20 Å². The number of hydrogen-bond donors (Lipinski definition) is 1. The molecule has 1 saturated heterocycles. The highest BCUT2D eigenvalue weighted by Gasteiger charge is 2.26. The first kappa shape index (κ1) is 14.1. The lowest BCUT2D eigenvalue weighted by molar-refractivity contribution is 0.0634. The second kappa shape index (κ2) is 6.19. The van der Waals surface area contributed by atoms with Gasteiger partial charge in [0.1, 0.15) is 0 Å². The van der Waals surface area contributed by atoms with Crippen LogP contribution in [0.5, 0.6) is 0 Å². The molecule has 1 aliphatic heterocycles. The molecule has 0 aliphatic carbocycles. The molecule has 19 heavy (non-hydrogen) atoms. The molecular formula is C14H24N4O. The van der Waals surface area contributed by atoms with Gasteiger partial charge < -0.3 is 10.6 Å². The number of piperidine rings is 1. The lowest BCUT2D eigenvalue weighted by atomic mass is 10.0. The van der Waals surface area contributed by atoms with Gasteiger partial charge in [-0.3, -0.25) is 9.48 Å². The molecule has 1 fully saturated rings. The van der Waals surface area contributed by atoms with E-state index in [1.807, 2.05) is 16.5 Å². The van der Waals surface area contributed by atoms with E-state index in [1.54, 1.807) is 6.20 Å². The summed E-state index contributed by atoms with van der Waals surface area (Å²) >= 11 is 0. The molecule has 1 aromatic rings. The largest absolute Gasteiger partial charge is 0.336 e. The molecule has 1 aliphatic rings. The van der Waals surface area contributed by atoms with E-state index in [0.717, 1.165) is 43.6 Å². The second-order valence-electron chi connectivity index (χ2n) is 5.35. The zero-order chi connectivity index (χ0) is 13.8. The van der Waals surface area contributed by atoms with Gasteiger partial charge in [0, 0.05) is 24.8 Å². The molecule has 2 N–H and O–H groups in total. The van der Waals surface area contributed by atoms with E-state index in [4.69, 9.17) is 5.73 Å². The summed E-state index contributed by atoms with van der Waals surface area (Å²) in [6.07, 6.45) is 6.02. The van der Waals surface area contributed by atoms with Crippen LogP contribution in [0.4, 0.5) is 0 Å². The Morgan fingerprint density at radius 3 is 3.00 bits per heavy atom. The number of likely N-dealkylation sites (tertiary alicyclic amines) is 1. The topological polar surface area (TPSA) is 64.2 Å². The van der Waals surface area contributed by atoms with Gasteiger partial charge in [-0.05, 0) is 46.1 Å². The molecule has 1 atom stereocenters. The van der Waals surface area contributed by atoms with E-state index in [2.05, 4.69) is 12.0 Å². The lowest BCUT2D eigenvalue weighted by Crippen LogP contribution is -2.42. The summed E-state index contributed by atoms with van der Waals surface area (Å²) < 4.78 is 1.88. The van der Waals surface area contributed by atoms with E-state index in [9.17, 15) is 4.79 Å². The minimum atomic E-state index is 0.128. The van der Waals surface area contributed by atoms with Crippen molar-refractivity contribution in [2.24, 2.45) is 5.73 Å². The highest BCUT2D eigenvalue weighted by Crippen LogP contribution is 2.20. The van der Waals surface area contributed by atoms with Crippen LogP contribution in [0.1, 0.15) is 48.7 Å². The van der Waals surface area contributed by atoms with E-state index in [0.29, 0.717) is 12.6 Å². The second-order valence-corrected chi connectivity index (χ2v) is 5.35. The van der Waals surface area contributed by atoms with Crippen molar-refractivity contribution in [3.05, 3.63) is 17.5 Å². The molecule has 0 aromatic carbocycles. The van der Waals surface area contributed by atoms with Crippen molar-refractivity contribution >= 4 is 5.91 Å². The Balaban J connectivity index is 2.12. The summed E-state index contributed by atoms with van der Waals surface area (Å²) in [6.45, 7) is 6.39. The van der Waals surface area contributed by atoms with Gasteiger partial charge in [-0.2, -0.15) is 5.10 Å². The average molecular weight is 264 g/mol. The molecule has 5 nitrogen and oxygen atoms in total. The Bertz CT molecular complexity index is 441. The first-order valence-corrected chi connectivity index (χ1v) is 7.18. The molecule has 0 spiro atoms. The molecule has 1 unspecified atom stereocenters. The van der Waals surface area contributed by atoms with Gasteiger partial charge in [0.25, 0.3) is 5.91 Å². The van der Waals surface area contributed by atoms with E-state index in [-0.39, 0.29) is 5.91 Å². The van der Waals surface area contributed by atoms with E-state index in [1.165, 1.54) is 6.42 Å². The maximum Gasteiger partial charge on any atom is 0.257 e. The fraction of sp³-hybridized carbons (Fsp3) is 0.714. The van der Waals surface area contributed by atoms with E-state index >= 15 is 0 Å². The number of amides is 1. The molecule has 0 radical (unpaired) electrons. The maximum absolute atomic E-state index is 12.6. The van der Waals surface area contributed by atoms with Crippen molar-refractivity contribution in [3.63, 3.8) is 0 Å². The number of carbonyl (C=O) groups is 1. The quantitative estimate of drug-likeness (QED) is 0.897. The van der Waals surface area contributed by atoms with Crippen molar-refractivity contribution in [1.82, 2.24) is 14.7 Å². The van der Waals surface area contributed by atoms with Crippen LogP contribution in [0, 0.1) is 6.92 Å². The van der Waals surface area contributed by atoms with Crippen LogP contribution in [0.2, 0.25) is 0 Å². The molecule has 2 rings (SSSR count). The zero-order valence-corrected chi connectivity index (χ0v) is 11.9.